The van der Waals surface area contributed by atoms with Crippen LogP contribution in [0.15, 0.2) is 16.6 Å². The zero-order chi connectivity index (χ0) is 12.3. The highest BCUT2D eigenvalue weighted by Crippen LogP contribution is 2.33. The lowest BCUT2D eigenvalue weighted by Gasteiger charge is -2.14. The van der Waals surface area contributed by atoms with Crippen molar-refractivity contribution < 1.29 is 19.4 Å². The Bertz CT molecular complexity index is 401. The molecule has 1 rings (SSSR count). The highest BCUT2D eigenvalue weighted by atomic mass is 79.9. The Morgan fingerprint density at radius 3 is 2.44 bits per heavy atom. The summed E-state index contributed by atoms with van der Waals surface area (Å²) in [5.74, 6) is -0.179. The minimum Gasteiger partial charge on any atom is -0.495 e. The third-order valence-corrected chi connectivity index (χ3v) is 2.47. The first kappa shape index (κ1) is 12.8. The minimum atomic E-state index is -1.03. The Balaban J connectivity index is 3.25. The van der Waals surface area contributed by atoms with Gasteiger partial charge in [-0.15, -0.1) is 0 Å². The number of rotatable bonds is 4. The summed E-state index contributed by atoms with van der Waals surface area (Å²) in [5.41, 5.74) is 0.112. The van der Waals surface area contributed by atoms with Crippen molar-refractivity contribution in [3.8, 4) is 11.5 Å². The first-order valence-corrected chi connectivity index (χ1v) is 5.52. The molecule has 0 aliphatic rings. The molecule has 0 aromatic heterocycles. The van der Waals surface area contributed by atoms with E-state index in [1.165, 1.54) is 13.2 Å². The molecule has 16 heavy (non-hydrogen) atoms. The van der Waals surface area contributed by atoms with E-state index in [2.05, 4.69) is 15.9 Å². The molecule has 88 valence electrons. The van der Waals surface area contributed by atoms with Crippen LogP contribution in [0.5, 0.6) is 11.5 Å². The van der Waals surface area contributed by atoms with Gasteiger partial charge in [-0.05, 0) is 35.8 Å². The molecule has 0 saturated carbocycles. The van der Waals surface area contributed by atoms with E-state index in [1.807, 2.05) is 13.8 Å². The second kappa shape index (κ2) is 5.21. The molecule has 0 aliphatic carbocycles. The number of methoxy groups -OCH3 is 1. The maximum Gasteiger partial charge on any atom is 0.339 e. The molecule has 1 aromatic carbocycles. The number of aromatic carboxylic acids is 1. The largest absolute Gasteiger partial charge is 0.495 e. The fourth-order valence-electron chi connectivity index (χ4n) is 1.21. The number of hydrogen-bond acceptors (Lipinski definition) is 3. The van der Waals surface area contributed by atoms with Gasteiger partial charge in [0.25, 0.3) is 0 Å². The second-order valence-electron chi connectivity index (χ2n) is 3.45. The van der Waals surface area contributed by atoms with Crippen LogP contribution in [0.25, 0.3) is 0 Å². The molecule has 1 N–H and O–H groups in total. The number of ether oxygens (including phenoxy) is 2. The Morgan fingerprint density at radius 1 is 1.38 bits per heavy atom. The fourth-order valence-corrected chi connectivity index (χ4v) is 1.71. The zero-order valence-corrected chi connectivity index (χ0v) is 10.9. The molecule has 0 bridgehead atoms. The maximum atomic E-state index is 11.0. The lowest BCUT2D eigenvalue weighted by molar-refractivity contribution is 0.0690. The molecule has 0 aliphatic heterocycles. The average molecular weight is 289 g/mol. The number of hydrogen-bond donors (Lipinski definition) is 1. The van der Waals surface area contributed by atoms with Crippen LogP contribution in [0, 0.1) is 0 Å². The lowest BCUT2D eigenvalue weighted by atomic mass is 10.2. The number of carboxylic acids is 1. The molecule has 0 fully saturated rings. The molecular weight excluding hydrogens is 276 g/mol. The topological polar surface area (TPSA) is 55.8 Å². The van der Waals surface area contributed by atoms with E-state index in [4.69, 9.17) is 14.6 Å². The maximum absolute atomic E-state index is 11.0. The monoisotopic (exact) mass is 288 g/mol. The summed E-state index contributed by atoms with van der Waals surface area (Å²) in [6.07, 6.45) is -0.0935. The summed E-state index contributed by atoms with van der Waals surface area (Å²) >= 11 is 3.23. The summed E-state index contributed by atoms with van der Waals surface area (Å²) in [6.45, 7) is 3.67. The summed E-state index contributed by atoms with van der Waals surface area (Å²) < 4.78 is 11.1. The summed E-state index contributed by atoms with van der Waals surface area (Å²) in [7, 11) is 1.51. The molecule has 0 spiro atoms. The molecule has 1 aromatic rings. The Kier molecular flexibility index (Phi) is 4.18. The van der Waals surface area contributed by atoms with Crippen LogP contribution in [0.1, 0.15) is 24.2 Å². The molecule has 5 heteroatoms. The highest BCUT2D eigenvalue weighted by molar-refractivity contribution is 9.10. The predicted molar refractivity (Wildman–Crippen MR) is 63.4 cm³/mol. The van der Waals surface area contributed by atoms with Crippen LogP contribution in [-0.4, -0.2) is 24.3 Å². The number of carbonyl (C=O) groups is 1. The smallest absolute Gasteiger partial charge is 0.339 e. The van der Waals surface area contributed by atoms with Gasteiger partial charge in [0.2, 0.25) is 0 Å². The van der Waals surface area contributed by atoms with Gasteiger partial charge in [-0.25, -0.2) is 4.79 Å². The normalized spacial score (nSPS) is 10.3. The molecule has 0 unspecified atom stereocenters. The van der Waals surface area contributed by atoms with Crippen molar-refractivity contribution in [3.63, 3.8) is 0 Å². The van der Waals surface area contributed by atoms with Gasteiger partial charge in [0, 0.05) is 6.07 Å². The Morgan fingerprint density at radius 2 is 2.00 bits per heavy atom. The minimum absolute atomic E-state index is 0.0935. The van der Waals surface area contributed by atoms with Crippen LogP contribution in [0.3, 0.4) is 0 Å². The summed E-state index contributed by atoms with van der Waals surface area (Å²) in [4.78, 5) is 11.0. The number of carboxylic acid groups (broad SMARTS) is 1. The average Bonchev–Trinajstić information content (AvgIpc) is 2.19. The lowest BCUT2D eigenvalue weighted by Crippen LogP contribution is -2.10. The van der Waals surface area contributed by atoms with Crippen LogP contribution in [0.4, 0.5) is 0 Å². The van der Waals surface area contributed by atoms with Crippen molar-refractivity contribution in [1.82, 2.24) is 0 Å². The molecule has 0 saturated heterocycles. The standard InChI is InChI=1S/C11H13BrO4/c1-6(2)16-9-5-10(15-3)8(12)4-7(9)11(13)14/h4-6H,1-3H3,(H,13,14). The van der Waals surface area contributed by atoms with E-state index in [1.54, 1.807) is 6.07 Å². The van der Waals surface area contributed by atoms with E-state index in [9.17, 15) is 4.79 Å². The van der Waals surface area contributed by atoms with Gasteiger partial charge in [-0.1, -0.05) is 0 Å². The molecular formula is C11H13BrO4. The van der Waals surface area contributed by atoms with Crippen molar-refractivity contribution in [3.05, 3.63) is 22.2 Å². The van der Waals surface area contributed by atoms with Gasteiger partial charge >= 0.3 is 5.97 Å². The quantitative estimate of drug-likeness (QED) is 0.926. The number of benzene rings is 1. The third-order valence-electron chi connectivity index (χ3n) is 1.85. The Labute approximate surface area is 102 Å². The van der Waals surface area contributed by atoms with Gasteiger partial charge in [-0.2, -0.15) is 0 Å². The molecule has 0 radical (unpaired) electrons. The van der Waals surface area contributed by atoms with Crippen molar-refractivity contribution >= 4 is 21.9 Å². The summed E-state index contributed by atoms with van der Waals surface area (Å²) in [5, 5.41) is 9.02. The Hall–Kier alpha value is -1.23. The van der Waals surface area contributed by atoms with Crippen molar-refractivity contribution in [2.45, 2.75) is 20.0 Å². The van der Waals surface area contributed by atoms with Crippen LogP contribution in [0.2, 0.25) is 0 Å². The fraction of sp³-hybridized carbons (Fsp3) is 0.364. The molecule has 0 atom stereocenters. The van der Waals surface area contributed by atoms with E-state index < -0.39 is 5.97 Å². The van der Waals surface area contributed by atoms with Crippen molar-refractivity contribution in [1.29, 1.82) is 0 Å². The first-order valence-electron chi connectivity index (χ1n) is 4.73. The van der Waals surface area contributed by atoms with Crippen LogP contribution >= 0.6 is 15.9 Å². The predicted octanol–water partition coefficient (Wildman–Crippen LogP) is 2.94. The third kappa shape index (κ3) is 2.88. The van der Waals surface area contributed by atoms with Gasteiger partial charge in [-0.3, -0.25) is 0 Å². The molecule has 0 heterocycles. The molecule has 4 nitrogen and oxygen atoms in total. The van der Waals surface area contributed by atoms with Gasteiger partial charge < -0.3 is 14.6 Å². The van der Waals surface area contributed by atoms with E-state index in [0.29, 0.717) is 16.0 Å². The van der Waals surface area contributed by atoms with E-state index >= 15 is 0 Å². The van der Waals surface area contributed by atoms with Gasteiger partial charge in [0.15, 0.2) is 0 Å². The van der Waals surface area contributed by atoms with E-state index in [-0.39, 0.29) is 11.7 Å². The SMILES string of the molecule is COc1cc(OC(C)C)c(C(=O)O)cc1Br. The number of halogens is 1. The second-order valence-corrected chi connectivity index (χ2v) is 4.31. The van der Waals surface area contributed by atoms with Crippen LogP contribution in [-0.2, 0) is 0 Å². The van der Waals surface area contributed by atoms with Crippen molar-refractivity contribution in [2.24, 2.45) is 0 Å². The first-order chi connectivity index (χ1) is 7.45. The van der Waals surface area contributed by atoms with Gasteiger partial charge in [0.1, 0.15) is 17.1 Å². The van der Waals surface area contributed by atoms with E-state index in [0.717, 1.165) is 0 Å². The van der Waals surface area contributed by atoms with Gasteiger partial charge in [0.05, 0.1) is 17.7 Å². The summed E-state index contributed by atoms with van der Waals surface area (Å²) in [6, 6.07) is 3.03. The van der Waals surface area contributed by atoms with Crippen molar-refractivity contribution in [2.75, 3.05) is 7.11 Å². The van der Waals surface area contributed by atoms with Crippen LogP contribution < -0.4 is 9.47 Å². The molecule has 0 amide bonds. The highest BCUT2D eigenvalue weighted by Gasteiger charge is 2.16. The zero-order valence-electron chi connectivity index (χ0n) is 9.28.